The van der Waals surface area contributed by atoms with Gasteiger partial charge in [0.2, 0.25) is 5.75 Å². The van der Waals surface area contributed by atoms with Gasteiger partial charge < -0.3 is 14.2 Å². The first-order valence-corrected chi connectivity index (χ1v) is 11.3. The predicted molar refractivity (Wildman–Crippen MR) is 109 cm³/mol. The van der Waals surface area contributed by atoms with Crippen LogP contribution in [-0.4, -0.2) is 20.3 Å². The molecule has 2 bridgehead atoms. The summed E-state index contributed by atoms with van der Waals surface area (Å²) in [6.07, 6.45) is 14.4. The maximum Gasteiger partial charge on any atom is 0.204 e. The zero-order chi connectivity index (χ0) is 19.1. The molecule has 0 N–H and O–H groups in total. The molecule has 1 heterocycles. The van der Waals surface area contributed by atoms with Gasteiger partial charge in [-0.05, 0) is 84.7 Å². The van der Waals surface area contributed by atoms with E-state index in [-0.39, 0.29) is 0 Å². The van der Waals surface area contributed by atoms with Crippen LogP contribution in [0.15, 0.2) is 18.2 Å². The van der Waals surface area contributed by atoms with E-state index in [1.165, 1.54) is 49.7 Å². The first-order valence-electron chi connectivity index (χ1n) is 11.3. The monoisotopic (exact) mass is 380 g/mol. The van der Waals surface area contributed by atoms with Crippen molar-refractivity contribution in [3.05, 3.63) is 29.3 Å². The van der Waals surface area contributed by atoms with Gasteiger partial charge in [0.05, 0.1) is 7.11 Å². The van der Waals surface area contributed by atoms with Gasteiger partial charge in [0.25, 0.3) is 0 Å². The van der Waals surface area contributed by atoms with Crippen molar-refractivity contribution in [1.29, 1.82) is 0 Å². The third-order valence-corrected chi connectivity index (χ3v) is 9.76. The molecule has 6 rings (SSSR count). The molecule has 5 aliphatic rings. The predicted octanol–water partition coefficient (Wildman–Crippen LogP) is 5.66. The Morgan fingerprint density at radius 3 is 2.61 bits per heavy atom. The number of aryl methyl sites for hydroxylation is 1. The number of allylic oxidation sites excluding steroid dienone is 2. The highest BCUT2D eigenvalue weighted by atomic mass is 16.6. The van der Waals surface area contributed by atoms with E-state index < -0.39 is 0 Å². The van der Waals surface area contributed by atoms with Gasteiger partial charge in [0, 0.05) is 5.56 Å². The molecule has 2 saturated carbocycles. The van der Waals surface area contributed by atoms with E-state index in [1.54, 1.807) is 7.11 Å². The highest BCUT2D eigenvalue weighted by Gasteiger charge is 2.70. The molecular weight excluding hydrogens is 348 g/mol. The highest BCUT2D eigenvalue weighted by molar-refractivity contribution is 5.62. The molecule has 1 aromatic rings. The lowest BCUT2D eigenvalue weighted by atomic mass is 9.46. The average molecular weight is 381 g/mol. The molecule has 4 aliphatic carbocycles. The van der Waals surface area contributed by atoms with E-state index in [4.69, 9.17) is 14.2 Å². The molecule has 2 fully saturated rings. The lowest BCUT2D eigenvalue weighted by molar-refractivity contribution is -0.0407. The van der Waals surface area contributed by atoms with Crippen LogP contribution in [0.25, 0.3) is 0 Å². The molecule has 150 valence electrons. The average Bonchev–Trinajstić information content (AvgIpc) is 3.16. The van der Waals surface area contributed by atoms with Crippen LogP contribution >= 0.6 is 0 Å². The minimum atomic E-state index is 0.381. The van der Waals surface area contributed by atoms with Crippen LogP contribution in [0.2, 0.25) is 0 Å². The summed E-state index contributed by atoms with van der Waals surface area (Å²) in [5.74, 6) is 4.01. The van der Waals surface area contributed by atoms with Crippen molar-refractivity contribution in [2.24, 2.45) is 22.2 Å². The van der Waals surface area contributed by atoms with E-state index in [0.717, 1.165) is 29.6 Å². The first-order chi connectivity index (χ1) is 13.6. The maximum absolute atomic E-state index is 6.24. The smallest absolute Gasteiger partial charge is 0.204 e. The van der Waals surface area contributed by atoms with Crippen molar-refractivity contribution in [1.82, 2.24) is 0 Å². The van der Waals surface area contributed by atoms with E-state index in [0.29, 0.717) is 35.4 Å². The molecule has 1 aromatic carbocycles. The summed E-state index contributed by atoms with van der Waals surface area (Å²) in [6, 6.07) is 2.24. The fourth-order valence-electron chi connectivity index (χ4n) is 8.31. The number of ether oxygens (including phenoxy) is 3. The van der Waals surface area contributed by atoms with Crippen LogP contribution in [-0.2, 0) is 6.42 Å². The number of fused-ring (bicyclic) bond motifs is 5. The Hall–Kier alpha value is -1.64. The molecule has 5 atom stereocenters. The van der Waals surface area contributed by atoms with E-state index in [1.807, 2.05) is 0 Å². The Bertz CT molecular complexity index is 873. The van der Waals surface area contributed by atoms with Crippen molar-refractivity contribution >= 4 is 0 Å². The number of benzene rings is 1. The van der Waals surface area contributed by atoms with Crippen LogP contribution in [0.1, 0.15) is 69.4 Å². The molecule has 3 heteroatoms. The van der Waals surface area contributed by atoms with Gasteiger partial charge in [-0.25, -0.2) is 0 Å². The zero-order valence-corrected chi connectivity index (χ0v) is 17.5. The Labute approximate surface area is 168 Å². The van der Waals surface area contributed by atoms with E-state index in [9.17, 15) is 0 Å². The number of hydrogen-bond donors (Lipinski definition) is 0. The maximum atomic E-state index is 6.24. The molecule has 0 amide bonds. The minimum Gasteiger partial charge on any atom is -0.493 e. The lowest BCUT2D eigenvalue weighted by Gasteiger charge is -2.57. The summed E-state index contributed by atoms with van der Waals surface area (Å²) < 4.78 is 17.9. The Balaban J connectivity index is 1.50. The van der Waals surface area contributed by atoms with Gasteiger partial charge in [0.1, 0.15) is 13.2 Å². The van der Waals surface area contributed by atoms with Crippen LogP contribution < -0.4 is 14.2 Å². The topological polar surface area (TPSA) is 27.7 Å². The summed E-state index contributed by atoms with van der Waals surface area (Å²) >= 11 is 0. The van der Waals surface area contributed by atoms with Gasteiger partial charge in [0.15, 0.2) is 11.5 Å². The second-order valence-electron chi connectivity index (χ2n) is 10.0. The molecule has 0 radical (unpaired) electrons. The second kappa shape index (κ2) is 5.49. The van der Waals surface area contributed by atoms with Gasteiger partial charge >= 0.3 is 0 Å². The molecule has 1 unspecified atom stereocenters. The van der Waals surface area contributed by atoms with Crippen molar-refractivity contribution in [2.75, 3.05) is 20.3 Å². The molecule has 1 aliphatic heterocycles. The molecule has 0 saturated heterocycles. The standard InChI is InChI=1S/C25H32O3/c1-4-24-9-11-25(12-10-24)18-6-5-16-15-19(26-3)21-22(28-14-13-27-21)20(16)17(18)7-8-23(24,25)2/h9,11,15,17-18H,4-8,10,12-14H2,1-3H3/t17-,18+,23+,24-,25?/m0/s1. The third kappa shape index (κ3) is 1.74. The van der Waals surface area contributed by atoms with Gasteiger partial charge in [-0.2, -0.15) is 0 Å². The molecule has 0 aromatic heterocycles. The largest absolute Gasteiger partial charge is 0.493 e. The first kappa shape index (κ1) is 17.2. The van der Waals surface area contributed by atoms with E-state index in [2.05, 4.69) is 32.1 Å². The van der Waals surface area contributed by atoms with Crippen LogP contribution in [0.5, 0.6) is 17.2 Å². The van der Waals surface area contributed by atoms with Gasteiger partial charge in [-0.3, -0.25) is 0 Å². The van der Waals surface area contributed by atoms with Gasteiger partial charge in [-0.15, -0.1) is 0 Å². The number of hydrogen-bond acceptors (Lipinski definition) is 3. The Morgan fingerprint density at radius 2 is 1.89 bits per heavy atom. The SMILES string of the molecule is CC[C@]12C=CC3(CC1)[C@@H]1CCc4cc(OC)c5c(c4[C@H]1CC[C@@]32C)OCCO5. The van der Waals surface area contributed by atoms with Crippen LogP contribution in [0, 0.1) is 22.2 Å². The molecule has 3 nitrogen and oxygen atoms in total. The van der Waals surface area contributed by atoms with Gasteiger partial charge in [-0.1, -0.05) is 26.0 Å². The zero-order valence-electron chi connectivity index (χ0n) is 17.5. The summed E-state index contributed by atoms with van der Waals surface area (Å²) in [7, 11) is 1.74. The number of rotatable bonds is 2. The normalized spacial score (nSPS) is 42.0. The Morgan fingerprint density at radius 1 is 1.07 bits per heavy atom. The van der Waals surface area contributed by atoms with E-state index >= 15 is 0 Å². The highest BCUT2D eigenvalue weighted by Crippen LogP contribution is 2.79. The summed E-state index contributed by atoms with van der Waals surface area (Å²) in [4.78, 5) is 0. The van der Waals surface area contributed by atoms with Crippen molar-refractivity contribution in [3.63, 3.8) is 0 Å². The summed E-state index contributed by atoms with van der Waals surface area (Å²) in [5, 5.41) is 0. The molecular formula is C25H32O3. The quantitative estimate of drug-likeness (QED) is 0.620. The van der Waals surface area contributed by atoms with Crippen LogP contribution in [0.4, 0.5) is 0 Å². The summed E-state index contributed by atoms with van der Waals surface area (Å²) in [5.41, 5.74) is 4.15. The summed E-state index contributed by atoms with van der Waals surface area (Å²) in [6.45, 7) is 6.29. The molecule has 0 spiro atoms. The molecule has 28 heavy (non-hydrogen) atoms. The third-order valence-electron chi connectivity index (χ3n) is 9.76. The Kier molecular flexibility index (Phi) is 3.38. The van der Waals surface area contributed by atoms with Crippen molar-refractivity contribution in [3.8, 4) is 17.2 Å². The lowest BCUT2D eigenvalue weighted by Crippen LogP contribution is -2.50. The fourth-order valence-corrected chi connectivity index (χ4v) is 8.31. The second-order valence-corrected chi connectivity index (χ2v) is 10.0. The number of methoxy groups -OCH3 is 1. The minimum absolute atomic E-state index is 0.381. The van der Waals surface area contributed by atoms with Crippen molar-refractivity contribution in [2.45, 2.75) is 64.7 Å². The fraction of sp³-hybridized carbons (Fsp3) is 0.680. The van der Waals surface area contributed by atoms with Crippen LogP contribution in [0.3, 0.4) is 0 Å². The van der Waals surface area contributed by atoms with Crippen molar-refractivity contribution < 1.29 is 14.2 Å².